The molecule has 0 radical (unpaired) electrons. The second kappa shape index (κ2) is 10.2. The van der Waals surface area contributed by atoms with Gasteiger partial charge in [0.25, 0.3) is 5.91 Å². The lowest BCUT2D eigenvalue weighted by molar-refractivity contribution is 0.0943. The smallest absolute Gasteiger partial charge is 0.257 e. The van der Waals surface area contributed by atoms with Gasteiger partial charge in [-0.25, -0.2) is 23.4 Å². The van der Waals surface area contributed by atoms with Crippen LogP contribution < -0.4 is 10.2 Å². The van der Waals surface area contributed by atoms with Gasteiger partial charge in [-0.1, -0.05) is 24.8 Å². The fourth-order valence-electron chi connectivity index (χ4n) is 3.44. The van der Waals surface area contributed by atoms with Crippen LogP contribution in [0.2, 0.25) is 0 Å². The third kappa shape index (κ3) is 4.83. The first-order valence-electron chi connectivity index (χ1n) is 10.5. The first kappa shape index (κ1) is 22.4. The van der Waals surface area contributed by atoms with Gasteiger partial charge in [0, 0.05) is 25.4 Å². The Balaban J connectivity index is 1.54. The van der Waals surface area contributed by atoms with E-state index in [1.807, 2.05) is 0 Å². The quantitative estimate of drug-likeness (QED) is 0.407. The first-order valence-corrected chi connectivity index (χ1v) is 11.5. The summed E-state index contributed by atoms with van der Waals surface area (Å²) in [6.45, 7) is 5.27. The lowest BCUT2D eigenvalue weighted by Gasteiger charge is -2.28. The molecule has 8 nitrogen and oxygen atoms in total. The predicted octanol–water partition coefficient (Wildman–Crippen LogP) is 2.87. The van der Waals surface area contributed by atoms with Gasteiger partial charge in [0.1, 0.15) is 23.0 Å². The van der Waals surface area contributed by atoms with E-state index in [4.69, 9.17) is 9.72 Å². The van der Waals surface area contributed by atoms with E-state index < -0.39 is 23.1 Å². The summed E-state index contributed by atoms with van der Waals surface area (Å²) in [5.74, 6) is -0.882. The van der Waals surface area contributed by atoms with Gasteiger partial charge in [-0.2, -0.15) is 5.10 Å². The molecular formula is C21H24F2N6O2S. The molecule has 1 aromatic carbocycles. The van der Waals surface area contributed by atoms with Crippen LogP contribution in [-0.2, 0) is 11.3 Å². The van der Waals surface area contributed by atoms with Crippen LogP contribution in [0, 0.1) is 11.6 Å². The molecule has 1 amide bonds. The van der Waals surface area contributed by atoms with Gasteiger partial charge in [-0.3, -0.25) is 4.79 Å². The van der Waals surface area contributed by atoms with Crippen LogP contribution >= 0.6 is 11.8 Å². The Morgan fingerprint density at radius 1 is 1.22 bits per heavy atom. The minimum atomic E-state index is -0.896. The number of thioether (sulfide) groups is 1. The Hall–Kier alpha value is -2.79. The zero-order valence-electron chi connectivity index (χ0n) is 17.7. The third-order valence-electron chi connectivity index (χ3n) is 5.00. The number of benzene rings is 1. The summed E-state index contributed by atoms with van der Waals surface area (Å²) in [6, 6.07) is 3.33. The van der Waals surface area contributed by atoms with Crippen LogP contribution in [0.4, 0.5) is 14.6 Å². The summed E-state index contributed by atoms with van der Waals surface area (Å²) in [5, 5.41) is 8.47. The Kier molecular flexibility index (Phi) is 7.15. The number of ether oxygens (including phenoxy) is 1. The van der Waals surface area contributed by atoms with Crippen molar-refractivity contribution >= 4 is 34.5 Å². The number of aromatic nitrogens is 4. The highest BCUT2D eigenvalue weighted by Crippen LogP contribution is 2.28. The Morgan fingerprint density at radius 2 is 1.97 bits per heavy atom. The van der Waals surface area contributed by atoms with E-state index in [9.17, 15) is 13.6 Å². The van der Waals surface area contributed by atoms with E-state index in [2.05, 4.69) is 27.2 Å². The standard InChI is InChI=1S/C21H24F2N6O2S/c1-2-12-32-21-26-18(28-8-10-31-11-9-28)14-13-25-29(19(14)27-21)7-6-24-20(30)17-15(22)4-3-5-16(17)23/h3-5,13H,2,6-12H2,1H3,(H,24,30). The number of fused-ring (bicyclic) bond motifs is 1. The summed E-state index contributed by atoms with van der Waals surface area (Å²) < 4.78 is 34.8. The molecule has 4 rings (SSSR count). The second-order valence-corrected chi connectivity index (χ2v) is 8.30. The largest absolute Gasteiger partial charge is 0.378 e. The van der Waals surface area contributed by atoms with Crippen molar-refractivity contribution in [3.8, 4) is 0 Å². The number of anilines is 1. The van der Waals surface area contributed by atoms with Crippen molar-refractivity contribution in [1.29, 1.82) is 0 Å². The highest BCUT2D eigenvalue weighted by atomic mass is 32.2. The van der Waals surface area contributed by atoms with Gasteiger partial charge in [-0.15, -0.1) is 0 Å². The molecule has 11 heteroatoms. The molecule has 1 saturated heterocycles. The number of rotatable bonds is 8. The summed E-state index contributed by atoms with van der Waals surface area (Å²) >= 11 is 1.58. The first-order chi connectivity index (χ1) is 15.6. The highest BCUT2D eigenvalue weighted by Gasteiger charge is 2.21. The lowest BCUT2D eigenvalue weighted by Crippen LogP contribution is -2.37. The molecule has 2 aromatic heterocycles. The molecule has 0 unspecified atom stereocenters. The van der Waals surface area contributed by atoms with Crippen LogP contribution in [-0.4, -0.2) is 64.3 Å². The zero-order valence-corrected chi connectivity index (χ0v) is 18.5. The van der Waals surface area contributed by atoms with Gasteiger partial charge in [0.2, 0.25) is 0 Å². The SMILES string of the molecule is CCCSc1nc(N2CCOCC2)c2cnn(CCNC(=O)c3c(F)cccc3F)c2n1. The highest BCUT2D eigenvalue weighted by molar-refractivity contribution is 7.99. The van der Waals surface area contributed by atoms with Crippen LogP contribution in [0.1, 0.15) is 23.7 Å². The van der Waals surface area contributed by atoms with Gasteiger partial charge < -0.3 is 15.0 Å². The van der Waals surface area contributed by atoms with Gasteiger partial charge in [0.15, 0.2) is 10.8 Å². The zero-order chi connectivity index (χ0) is 22.5. The van der Waals surface area contributed by atoms with Crippen molar-refractivity contribution in [3.05, 3.63) is 41.6 Å². The third-order valence-corrected chi connectivity index (χ3v) is 6.05. The minimum Gasteiger partial charge on any atom is -0.378 e. The lowest BCUT2D eigenvalue weighted by atomic mass is 10.2. The molecule has 0 saturated carbocycles. The molecule has 1 fully saturated rings. The summed E-state index contributed by atoms with van der Waals surface area (Å²) in [7, 11) is 0. The number of amides is 1. The number of morpholine rings is 1. The molecular weight excluding hydrogens is 438 g/mol. The Morgan fingerprint density at radius 3 is 2.69 bits per heavy atom. The van der Waals surface area contributed by atoms with Crippen LogP contribution in [0.5, 0.6) is 0 Å². The maximum atomic E-state index is 13.8. The van der Waals surface area contributed by atoms with Crippen LogP contribution in [0.3, 0.4) is 0 Å². The van der Waals surface area contributed by atoms with E-state index in [0.717, 1.165) is 48.6 Å². The average molecular weight is 463 g/mol. The number of nitrogens with zero attached hydrogens (tertiary/aromatic N) is 5. The molecule has 1 aliphatic heterocycles. The number of nitrogens with one attached hydrogen (secondary N) is 1. The topological polar surface area (TPSA) is 85.2 Å². The molecule has 170 valence electrons. The van der Waals surface area contributed by atoms with Gasteiger partial charge in [-0.05, 0) is 18.6 Å². The van der Waals surface area contributed by atoms with Gasteiger partial charge >= 0.3 is 0 Å². The van der Waals surface area contributed by atoms with Crippen molar-refractivity contribution in [2.75, 3.05) is 43.5 Å². The molecule has 3 heterocycles. The van der Waals surface area contributed by atoms with E-state index >= 15 is 0 Å². The summed E-state index contributed by atoms with van der Waals surface area (Å²) in [5.41, 5.74) is 0.0689. The van der Waals surface area contributed by atoms with Crippen LogP contribution in [0.25, 0.3) is 11.0 Å². The fraction of sp³-hybridized carbons (Fsp3) is 0.429. The van der Waals surface area contributed by atoms with E-state index in [0.29, 0.717) is 30.6 Å². The van der Waals surface area contributed by atoms with Gasteiger partial charge in [0.05, 0.1) is 31.3 Å². The molecule has 0 bridgehead atoms. The van der Waals surface area contributed by atoms with E-state index in [1.165, 1.54) is 6.07 Å². The molecule has 32 heavy (non-hydrogen) atoms. The predicted molar refractivity (Wildman–Crippen MR) is 118 cm³/mol. The molecule has 0 aliphatic carbocycles. The van der Waals surface area contributed by atoms with Crippen molar-refractivity contribution in [2.24, 2.45) is 0 Å². The average Bonchev–Trinajstić information content (AvgIpc) is 3.20. The molecule has 1 N–H and O–H groups in total. The molecule has 3 aromatic rings. The van der Waals surface area contributed by atoms with Crippen LogP contribution in [0.15, 0.2) is 29.6 Å². The van der Waals surface area contributed by atoms with Crippen molar-refractivity contribution in [2.45, 2.75) is 25.0 Å². The normalized spacial score (nSPS) is 14.2. The molecule has 0 spiro atoms. The minimum absolute atomic E-state index is 0.137. The molecule has 1 aliphatic rings. The number of carbonyl (C=O) groups is 1. The maximum Gasteiger partial charge on any atom is 0.257 e. The van der Waals surface area contributed by atoms with E-state index in [-0.39, 0.29) is 6.54 Å². The summed E-state index contributed by atoms with van der Waals surface area (Å²) in [4.78, 5) is 23.8. The van der Waals surface area contributed by atoms with Crippen molar-refractivity contribution in [1.82, 2.24) is 25.1 Å². The number of hydrogen-bond acceptors (Lipinski definition) is 7. The van der Waals surface area contributed by atoms with Crippen molar-refractivity contribution in [3.63, 3.8) is 0 Å². The van der Waals surface area contributed by atoms with E-state index in [1.54, 1.807) is 22.6 Å². The Bertz CT molecular complexity index is 1080. The second-order valence-electron chi connectivity index (χ2n) is 7.24. The molecule has 0 atom stereocenters. The monoisotopic (exact) mass is 462 g/mol. The maximum absolute atomic E-state index is 13.8. The number of hydrogen-bond donors (Lipinski definition) is 1. The Labute approximate surface area is 188 Å². The number of carbonyl (C=O) groups excluding carboxylic acids is 1. The van der Waals surface area contributed by atoms with Crippen molar-refractivity contribution < 1.29 is 18.3 Å². The summed E-state index contributed by atoms with van der Waals surface area (Å²) in [6.07, 6.45) is 2.71. The number of halogens is 2. The fourth-order valence-corrected chi connectivity index (χ4v) is 4.13.